The highest BCUT2D eigenvalue weighted by Gasteiger charge is 2.13. The second-order valence-electron chi connectivity index (χ2n) is 5.44. The number of hydrogen-bond donors (Lipinski definition) is 2. The predicted molar refractivity (Wildman–Crippen MR) is 97.1 cm³/mol. The minimum absolute atomic E-state index is 0.0182. The van der Waals surface area contributed by atoms with Gasteiger partial charge < -0.3 is 24.3 Å². The fraction of sp³-hybridized carbons (Fsp3) is 0.158. The van der Waals surface area contributed by atoms with Crippen molar-refractivity contribution in [2.24, 2.45) is 0 Å². The van der Waals surface area contributed by atoms with E-state index in [4.69, 9.17) is 14.2 Å². The molecule has 7 heteroatoms. The summed E-state index contributed by atoms with van der Waals surface area (Å²) in [5.74, 6) is 1.50. The van der Waals surface area contributed by atoms with Gasteiger partial charge >= 0.3 is 5.69 Å². The fourth-order valence-electron chi connectivity index (χ4n) is 2.61. The molecule has 134 valence electrons. The molecule has 0 saturated heterocycles. The van der Waals surface area contributed by atoms with Gasteiger partial charge in [-0.25, -0.2) is 4.79 Å². The minimum Gasteiger partial charge on any atom is -0.504 e. The molecule has 0 atom stereocenters. The van der Waals surface area contributed by atoms with Crippen molar-refractivity contribution in [2.45, 2.75) is 0 Å². The van der Waals surface area contributed by atoms with Gasteiger partial charge in [0.15, 0.2) is 11.5 Å². The number of aromatic nitrogens is 2. The molecule has 1 heterocycles. The van der Waals surface area contributed by atoms with E-state index in [2.05, 4.69) is 9.97 Å². The zero-order valence-corrected chi connectivity index (χ0v) is 14.6. The summed E-state index contributed by atoms with van der Waals surface area (Å²) in [7, 11) is 4.56. The number of aromatic amines is 1. The molecule has 0 saturated carbocycles. The Labute approximate surface area is 149 Å². The van der Waals surface area contributed by atoms with E-state index in [1.54, 1.807) is 43.5 Å². The molecule has 0 aliphatic carbocycles. The number of methoxy groups -OCH3 is 3. The summed E-state index contributed by atoms with van der Waals surface area (Å²) in [4.78, 5) is 18.8. The SMILES string of the molecule is COc1ccc(-c2cc(-c3ccc(O)c(OC)c3)[nH]c(=O)n2)c(OC)c1. The topological polar surface area (TPSA) is 93.7 Å². The summed E-state index contributed by atoms with van der Waals surface area (Å²) >= 11 is 0. The molecule has 1 aromatic heterocycles. The van der Waals surface area contributed by atoms with E-state index in [9.17, 15) is 9.90 Å². The van der Waals surface area contributed by atoms with Gasteiger partial charge in [-0.3, -0.25) is 0 Å². The van der Waals surface area contributed by atoms with E-state index in [0.29, 0.717) is 39.8 Å². The van der Waals surface area contributed by atoms with Crippen LogP contribution in [0.4, 0.5) is 0 Å². The molecule has 3 aromatic rings. The molecular formula is C19H18N2O5. The lowest BCUT2D eigenvalue weighted by atomic mass is 10.1. The monoisotopic (exact) mass is 354 g/mol. The average Bonchev–Trinajstić information content (AvgIpc) is 2.67. The highest BCUT2D eigenvalue weighted by Crippen LogP contribution is 2.34. The highest BCUT2D eigenvalue weighted by atomic mass is 16.5. The lowest BCUT2D eigenvalue weighted by Crippen LogP contribution is -2.12. The summed E-state index contributed by atoms with van der Waals surface area (Å²) in [6.07, 6.45) is 0. The van der Waals surface area contributed by atoms with Crippen molar-refractivity contribution in [2.75, 3.05) is 21.3 Å². The van der Waals surface area contributed by atoms with E-state index in [1.807, 2.05) is 0 Å². The predicted octanol–water partition coefficient (Wildman–Crippen LogP) is 2.84. The molecule has 0 radical (unpaired) electrons. The third-order valence-electron chi connectivity index (χ3n) is 3.92. The van der Waals surface area contributed by atoms with Gasteiger partial charge in [0, 0.05) is 17.2 Å². The van der Waals surface area contributed by atoms with E-state index in [-0.39, 0.29) is 5.75 Å². The third-order valence-corrected chi connectivity index (χ3v) is 3.92. The second kappa shape index (κ2) is 7.18. The van der Waals surface area contributed by atoms with E-state index < -0.39 is 5.69 Å². The van der Waals surface area contributed by atoms with Crippen LogP contribution in [0, 0.1) is 0 Å². The molecule has 0 aliphatic rings. The Hall–Kier alpha value is -3.48. The molecule has 3 rings (SSSR count). The van der Waals surface area contributed by atoms with Crippen LogP contribution in [0.1, 0.15) is 0 Å². The van der Waals surface area contributed by atoms with Gasteiger partial charge in [0.1, 0.15) is 11.5 Å². The Bertz CT molecular complexity index is 997. The number of hydrogen-bond acceptors (Lipinski definition) is 6. The number of nitrogens with one attached hydrogen (secondary N) is 1. The van der Waals surface area contributed by atoms with Crippen molar-refractivity contribution >= 4 is 0 Å². The van der Waals surface area contributed by atoms with Crippen LogP contribution >= 0.6 is 0 Å². The fourth-order valence-corrected chi connectivity index (χ4v) is 2.61. The molecule has 0 fully saturated rings. The molecule has 26 heavy (non-hydrogen) atoms. The molecule has 0 aliphatic heterocycles. The highest BCUT2D eigenvalue weighted by molar-refractivity contribution is 5.73. The van der Waals surface area contributed by atoms with Gasteiger partial charge in [-0.1, -0.05) is 0 Å². The standard InChI is InChI=1S/C19H18N2O5/c1-24-12-5-6-13(17(9-12)25-2)15-10-14(20-19(23)21-15)11-4-7-16(22)18(8-11)26-3/h4-10,22H,1-3H3,(H,20,21,23). The van der Waals surface area contributed by atoms with Gasteiger partial charge in [-0.2, -0.15) is 4.98 Å². The summed E-state index contributed by atoms with van der Waals surface area (Å²) in [6, 6.07) is 11.8. The van der Waals surface area contributed by atoms with Gasteiger partial charge in [0.05, 0.1) is 32.7 Å². The van der Waals surface area contributed by atoms with Crippen LogP contribution < -0.4 is 19.9 Å². The van der Waals surface area contributed by atoms with Crippen molar-refractivity contribution in [3.63, 3.8) is 0 Å². The minimum atomic E-state index is -0.498. The van der Waals surface area contributed by atoms with Crippen LogP contribution in [-0.4, -0.2) is 36.4 Å². The first-order valence-electron chi connectivity index (χ1n) is 7.77. The first-order chi connectivity index (χ1) is 12.5. The Kier molecular flexibility index (Phi) is 4.79. The van der Waals surface area contributed by atoms with Crippen molar-refractivity contribution in [3.05, 3.63) is 52.9 Å². The van der Waals surface area contributed by atoms with Gasteiger partial charge in [-0.05, 0) is 36.4 Å². The van der Waals surface area contributed by atoms with Crippen molar-refractivity contribution in [1.29, 1.82) is 0 Å². The van der Waals surface area contributed by atoms with Crippen LogP contribution in [0.5, 0.6) is 23.0 Å². The van der Waals surface area contributed by atoms with Crippen LogP contribution in [0.25, 0.3) is 22.5 Å². The molecule has 2 N–H and O–H groups in total. The van der Waals surface area contributed by atoms with Gasteiger partial charge in [0.25, 0.3) is 0 Å². The smallest absolute Gasteiger partial charge is 0.345 e. The Morgan fingerprint density at radius 3 is 2.38 bits per heavy atom. The van der Waals surface area contributed by atoms with Crippen LogP contribution in [0.15, 0.2) is 47.3 Å². The largest absolute Gasteiger partial charge is 0.504 e. The lowest BCUT2D eigenvalue weighted by molar-refractivity contribution is 0.373. The second-order valence-corrected chi connectivity index (χ2v) is 5.44. The number of phenolic OH excluding ortho intramolecular Hbond substituents is 1. The molecule has 0 spiro atoms. The van der Waals surface area contributed by atoms with Crippen LogP contribution in [-0.2, 0) is 0 Å². The molecule has 7 nitrogen and oxygen atoms in total. The van der Waals surface area contributed by atoms with E-state index in [1.165, 1.54) is 20.3 Å². The van der Waals surface area contributed by atoms with Crippen molar-refractivity contribution in [3.8, 4) is 45.5 Å². The number of aromatic hydroxyl groups is 1. The number of H-pyrrole nitrogens is 1. The van der Waals surface area contributed by atoms with Crippen LogP contribution in [0.3, 0.4) is 0 Å². The number of ether oxygens (including phenoxy) is 3. The normalized spacial score (nSPS) is 10.4. The van der Waals surface area contributed by atoms with E-state index >= 15 is 0 Å². The Morgan fingerprint density at radius 2 is 1.69 bits per heavy atom. The quantitative estimate of drug-likeness (QED) is 0.732. The number of benzene rings is 2. The van der Waals surface area contributed by atoms with Crippen molar-refractivity contribution < 1.29 is 19.3 Å². The van der Waals surface area contributed by atoms with Gasteiger partial charge in [-0.15, -0.1) is 0 Å². The van der Waals surface area contributed by atoms with Crippen LogP contribution in [0.2, 0.25) is 0 Å². The number of nitrogens with zero attached hydrogens (tertiary/aromatic N) is 1. The maximum atomic E-state index is 12.1. The summed E-state index contributed by atoms with van der Waals surface area (Å²) < 4.78 is 15.7. The molecule has 2 aromatic carbocycles. The van der Waals surface area contributed by atoms with E-state index in [0.717, 1.165) is 0 Å². The van der Waals surface area contributed by atoms with Crippen molar-refractivity contribution in [1.82, 2.24) is 9.97 Å². The zero-order chi connectivity index (χ0) is 18.7. The zero-order valence-electron chi connectivity index (χ0n) is 14.6. The first-order valence-corrected chi connectivity index (χ1v) is 7.77. The maximum Gasteiger partial charge on any atom is 0.345 e. The first kappa shape index (κ1) is 17.3. The number of rotatable bonds is 5. The average molecular weight is 354 g/mol. The summed E-state index contributed by atoms with van der Waals surface area (Å²) in [5, 5.41) is 9.75. The molecule has 0 bridgehead atoms. The molecule has 0 amide bonds. The Morgan fingerprint density at radius 1 is 0.923 bits per heavy atom. The third kappa shape index (κ3) is 3.32. The Balaban J connectivity index is 2.13. The summed E-state index contributed by atoms with van der Waals surface area (Å²) in [5.41, 5.74) is 1.83. The molecule has 0 unspecified atom stereocenters. The maximum absolute atomic E-state index is 12.1. The summed E-state index contributed by atoms with van der Waals surface area (Å²) in [6.45, 7) is 0. The lowest BCUT2D eigenvalue weighted by Gasteiger charge is -2.11. The number of phenols is 1. The molecular weight excluding hydrogens is 336 g/mol. The van der Waals surface area contributed by atoms with Gasteiger partial charge in [0.2, 0.25) is 0 Å².